The molecule has 0 spiro atoms. The third kappa shape index (κ3) is 5.13. The molecular weight excluding hydrogens is 360 g/mol. The monoisotopic (exact) mass is 382 g/mol. The molecule has 0 bridgehead atoms. The molecule has 0 saturated carbocycles. The third-order valence-corrected chi connectivity index (χ3v) is 5.56. The first-order valence-corrected chi connectivity index (χ1v) is 9.59. The molecule has 1 aliphatic rings. The van der Waals surface area contributed by atoms with Crippen LogP contribution in [0, 0.1) is 0 Å². The average molecular weight is 382 g/mol. The largest absolute Gasteiger partial charge is 0.481 e. The lowest BCUT2D eigenvalue weighted by Gasteiger charge is -2.36. The number of carboxylic acid groups (broad SMARTS) is 1. The summed E-state index contributed by atoms with van der Waals surface area (Å²) >= 11 is 0. The quantitative estimate of drug-likeness (QED) is 0.575. The molecule has 1 amide bonds. The number of carbonyl (C=O) groups is 2. The summed E-state index contributed by atoms with van der Waals surface area (Å²) in [7, 11) is -3.76. The topological polar surface area (TPSA) is 122 Å². The molecule has 1 aliphatic heterocycles. The standard InChI is InChI=1S/C17H22N2O6S/c1-2-8-18-26(23,24)14-5-3-4-13(11-14)16(22)19-17(12-15(20)21)6-9-25-10-7-17/h2-5,11,18H,1,6-10,12H2,(H,19,22)(H,20,21). The molecule has 1 heterocycles. The van der Waals surface area contributed by atoms with Gasteiger partial charge in [0.15, 0.2) is 0 Å². The molecule has 8 nitrogen and oxygen atoms in total. The number of carboxylic acids is 1. The second-order valence-electron chi connectivity index (χ2n) is 6.09. The van der Waals surface area contributed by atoms with Gasteiger partial charge in [-0.3, -0.25) is 9.59 Å². The summed E-state index contributed by atoms with van der Waals surface area (Å²) in [5, 5.41) is 11.9. The molecule has 1 fully saturated rings. The summed E-state index contributed by atoms with van der Waals surface area (Å²) in [5.74, 6) is -1.54. The van der Waals surface area contributed by atoms with E-state index in [0.717, 1.165) is 0 Å². The van der Waals surface area contributed by atoms with Crippen LogP contribution in [0.4, 0.5) is 0 Å². The number of rotatable bonds is 8. The van der Waals surface area contributed by atoms with Gasteiger partial charge in [0.25, 0.3) is 5.91 Å². The van der Waals surface area contributed by atoms with Gasteiger partial charge in [-0.15, -0.1) is 6.58 Å². The number of hydrogen-bond acceptors (Lipinski definition) is 5. The highest BCUT2D eigenvalue weighted by Crippen LogP contribution is 2.25. The van der Waals surface area contributed by atoms with Crippen LogP contribution in [0.2, 0.25) is 0 Å². The molecule has 0 radical (unpaired) electrons. The Morgan fingerprint density at radius 2 is 2.00 bits per heavy atom. The van der Waals surface area contributed by atoms with Crippen LogP contribution in [0.1, 0.15) is 29.6 Å². The highest BCUT2D eigenvalue weighted by atomic mass is 32.2. The lowest BCUT2D eigenvalue weighted by atomic mass is 9.86. The van der Waals surface area contributed by atoms with E-state index in [2.05, 4.69) is 16.6 Å². The molecule has 3 N–H and O–H groups in total. The van der Waals surface area contributed by atoms with Crippen LogP contribution in [-0.4, -0.2) is 50.7 Å². The van der Waals surface area contributed by atoms with Crippen molar-refractivity contribution >= 4 is 21.9 Å². The zero-order chi connectivity index (χ0) is 19.2. The van der Waals surface area contributed by atoms with Gasteiger partial charge in [-0.1, -0.05) is 12.1 Å². The van der Waals surface area contributed by atoms with Crippen LogP contribution in [0.3, 0.4) is 0 Å². The van der Waals surface area contributed by atoms with Crippen molar-refractivity contribution in [3.05, 3.63) is 42.5 Å². The maximum absolute atomic E-state index is 12.6. The highest BCUT2D eigenvalue weighted by Gasteiger charge is 2.36. The second-order valence-corrected chi connectivity index (χ2v) is 7.85. The summed E-state index contributed by atoms with van der Waals surface area (Å²) in [6.07, 6.45) is 1.95. The van der Waals surface area contributed by atoms with Crippen molar-refractivity contribution in [1.82, 2.24) is 10.0 Å². The van der Waals surface area contributed by atoms with Crippen LogP contribution < -0.4 is 10.0 Å². The predicted molar refractivity (Wildman–Crippen MR) is 94.3 cm³/mol. The molecule has 9 heteroatoms. The molecule has 0 aliphatic carbocycles. The van der Waals surface area contributed by atoms with Crippen molar-refractivity contribution in [2.75, 3.05) is 19.8 Å². The van der Waals surface area contributed by atoms with Gasteiger partial charge in [0.1, 0.15) is 0 Å². The van der Waals surface area contributed by atoms with Crippen molar-refractivity contribution < 1.29 is 27.9 Å². The van der Waals surface area contributed by atoms with Gasteiger partial charge < -0.3 is 15.2 Å². The first-order chi connectivity index (χ1) is 12.3. The smallest absolute Gasteiger partial charge is 0.305 e. The van der Waals surface area contributed by atoms with Crippen molar-refractivity contribution in [3.63, 3.8) is 0 Å². The molecule has 26 heavy (non-hydrogen) atoms. The summed E-state index contributed by atoms with van der Waals surface area (Å²) in [6, 6.07) is 5.58. The highest BCUT2D eigenvalue weighted by molar-refractivity contribution is 7.89. The first-order valence-electron chi connectivity index (χ1n) is 8.11. The Morgan fingerprint density at radius 3 is 2.62 bits per heavy atom. The van der Waals surface area contributed by atoms with Gasteiger partial charge in [0.05, 0.1) is 16.9 Å². The van der Waals surface area contributed by atoms with E-state index in [1.165, 1.54) is 30.3 Å². The van der Waals surface area contributed by atoms with E-state index >= 15 is 0 Å². The van der Waals surface area contributed by atoms with Gasteiger partial charge in [0.2, 0.25) is 10.0 Å². The van der Waals surface area contributed by atoms with E-state index in [-0.39, 0.29) is 23.4 Å². The van der Waals surface area contributed by atoms with Crippen LogP contribution in [0.15, 0.2) is 41.8 Å². The number of sulfonamides is 1. The van der Waals surface area contributed by atoms with Crippen molar-refractivity contribution in [3.8, 4) is 0 Å². The maximum atomic E-state index is 12.6. The predicted octanol–water partition coefficient (Wildman–Crippen LogP) is 0.905. The molecule has 1 saturated heterocycles. The normalized spacial score (nSPS) is 16.6. The SMILES string of the molecule is C=CCNS(=O)(=O)c1cccc(C(=O)NC2(CC(=O)O)CCOCC2)c1. The van der Waals surface area contributed by atoms with Crippen molar-refractivity contribution in [1.29, 1.82) is 0 Å². The van der Waals surface area contributed by atoms with Gasteiger partial charge in [0, 0.05) is 25.3 Å². The molecule has 0 aromatic heterocycles. The van der Waals surface area contributed by atoms with Gasteiger partial charge in [-0.25, -0.2) is 13.1 Å². The molecule has 1 aromatic rings. The Bertz CT molecular complexity index is 784. The Balaban J connectivity index is 2.22. The molecule has 1 aromatic carbocycles. The van der Waals surface area contributed by atoms with Crippen LogP contribution in [-0.2, 0) is 19.6 Å². The summed E-state index contributed by atoms with van der Waals surface area (Å²) in [4.78, 5) is 23.8. The summed E-state index contributed by atoms with van der Waals surface area (Å²) in [5.41, 5.74) is -0.764. The zero-order valence-electron chi connectivity index (χ0n) is 14.2. The number of hydrogen-bond donors (Lipinski definition) is 3. The summed E-state index contributed by atoms with van der Waals surface area (Å²) in [6.45, 7) is 4.23. The van der Waals surface area contributed by atoms with E-state index < -0.39 is 27.4 Å². The molecular formula is C17H22N2O6S. The lowest BCUT2D eigenvalue weighted by Crippen LogP contribution is -2.53. The van der Waals surface area contributed by atoms with E-state index in [4.69, 9.17) is 9.84 Å². The Morgan fingerprint density at radius 1 is 1.31 bits per heavy atom. The fraction of sp³-hybridized carbons (Fsp3) is 0.412. The minimum atomic E-state index is -3.76. The second kappa shape index (κ2) is 8.43. The Kier molecular flexibility index (Phi) is 6.52. The van der Waals surface area contributed by atoms with E-state index in [1.54, 1.807) is 0 Å². The number of carbonyl (C=O) groups excluding carboxylic acids is 1. The van der Waals surface area contributed by atoms with Crippen LogP contribution in [0.5, 0.6) is 0 Å². The minimum Gasteiger partial charge on any atom is -0.481 e. The maximum Gasteiger partial charge on any atom is 0.305 e. The molecule has 0 atom stereocenters. The fourth-order valence-electron chi connectivity index (χ4n) is 2.77. The Labute approximate surface area is 152 Å². The number of amides is 1. The van der Waals surface area contributed by atoms with Gasteiger partial charge in [-0.05, 0) is 31.0 Å². The van der Waals surface area contributed by atoms with Crippen LogP contribution in [0.25, 0.3) is 0 Å². The minimum absolute atomic E-state index is 0.0498. The molecule has 142 valence electrons. The average Bonchev–Trinajstić information content (AvgIpc) is 2.60. The number of aliphatic carboxylic acids is 1. The van der Waals surface area contributed by atoms with E-state index in [1.807, 2.05) is 0 Å². The number of nitrogens with one attached hydrogen (secondary N) is 2. The number of ether oxygens (including phenoxy) is 1. The third-order valence-electron chi connectivity index (χ3n) is 4.14. The Hall–Kier alpha value is -2.23. The first kappa shape index (κ1) is 20.1. The van der Waals surface area contributed by atoms with Gasteiger partial charge in [-0.2, -0.15) is 0 Å². The van der Waals surface area contributed by atoms with E-state index in [0.29, 0.717) is 26.1 Å². The lowest BCUT2D eigenvalue weighted by molar-refractivity contribution is -0.139. The van der Waals surface area contributed by atoms with Gasteiger partial charge >= 0.3 is 5.97 Å². The molecule has 0 unspecified atom stereocenters. The number of benzene rings is 1. The van der Waals surface area contributed by atoms with E-state index in [9.17, 15) is 18.0 Å². The zero-order valence-corrected chi connectivity index (χ0v) is 15.0. The molecule has 2 rings (SSSR count). The fourth-order valence-corrected chi connectivity index (χ4v) is 3.81. The van der Waals surface area contributed by atoms with Crippen LogP contribution >= 0.6 is 0 Å². The van der Waals surface area contributed by atoms with Crippen molar-refractivity contribution in [2.45, 2.75) is 29.7 Å². The summed E-state index contributed by atoms with van der Waals surface area (Å²) < 4.78 is 31.9. The van der Waals surface area contributed by atoms with Crippen molar-refractivity contribution in [2.24, 2.45) is 0 Å².